The van der Waals surface area contributed by atoms with Gasteiger partial charge in [0, 0.05) is 13.6 Å². The topological polar surface area (TPSA) is 61.8 Å². The van der Waals surface area contributed by atoms with Gasteiger partial charge in [-0.3, -0.25) is 0 Å². The van der Waals surface area contributed by atoms with Crippen molar-refractivity contribution in [3.8, 4) is 5.75 Å². The molecule has 0 aliphatic rings. The Bertz CT molecular complexity index is 401. The van der Waals surface area contributed by atoms with Crippen LogP contribution in [0.15, 0.2) is 18.2 Å². The SMILES string of the molecule is Cc1cc(C)cc(OCCNC(=O)N(C)CCO)c1. The molecule has 2 N–H and O–H groups in total. The number of rotatable bonds is 6. The molecule has 5 heteroatoms. The summed E-state index contributed by atoms with van der Waals surface area (Å²) < 4.78 is 5.58. The highest BCUT2D eigenvalue weighted by Crippen LogP contribution is 2.15. The van der Waals surface area contributed by atoms with Crippen LogP contribution < -0.4 is 10.1 Å². The van der Waals surface area contributed by atoms with E-state index in [2.05, 4.69) is 11.4 Å². The summed E-state index contributed by atoms with van der Waals surface area (Å²) in [7, 11) is 1.64. The van der Waals surface area contributed by atoms with Gasteiger partial charge in [-0.15, -0.1) is 0 Å². The van der Waals surface area contributed by atoms with Gasteiger partial charge in [-0.2, -0.15) is 0 Å². The molecule has 0 saturated heterocycles. The summed E-state index contributed by atoms with van der Waals surface area (Å²) in [5.74, 6) is 0.815. The number of aliphatic hydroxyl groups is 1. The Hall–Kier alpha value is -1.75. The Kier molecular flexibility index (Phi) is 6.15. The minimum atomic E-state index is -0.210. The number of ether oxygens (including phenoxy) is 1. The van der Waals surface area contributed by atoms with Crippen molar-refractivity contribution < 1.29 is 14.6 Å². The van der Waals surface area contributed by atoms with Crippen LogP contribution >= 0.6 is 0 Å². The van der Waals surface area contributed by atoms with Crippen LogP contribution in [0.5, 0.6) is 5.75 Å². The zero-order valence-electron chi connectivity index (χ0n) is 11.8. The second kappa shape index (κ2) is 7.63. The van der Waals surface area contributed by atoms with Gasteiger partial charge in [-0.05, 0) is 37.1 Å². The second-order valence-corrected chi connectivity index (χ2v) is 4.55. The summed E-state index contributed by atoms with van der Waals surface area (Å²) in [6.07, 6.45) is 0. The molecule has 0 radical (unpaired) electrons. The summed E-state index contributed by atoms with van der Waals surface area (Å²) in [6.45, 7) is 5.17. The van der Waals surface area contributed by atoms with Crippen molar-refractivity contribution in [2.45, 2.75) is 13.8 Å². The number of hydrogen-bond acceptors (Lipinski definition) is 3. The minimum Gasteiger partial charge on any atom is -0.492 e. The highest BCUT2D eigenvalue weighted by Gasteiger charge is 2.06. The Labute approximate surface area is 114 Å². The number of benzene rings is 1. The molecular weight excluding hydrogens is 244 g/mol. The molecule has 0 spiro atoms. The standard InChI is InChI=1S/C14H22N2O3/c1-11-8-12(2)10-13(9-11)19-7-4-15-14(18)16(3)5-6-17/h8-10,17H,4-7H2,1-3H3,(H,15,18). The number of aliphatic hydroxyl groups excluding tert-OH is 1. The average molecular weight is 266 g/mol. The Morgan fingerprint density at radius 1 is 1.32 bits per heavy atom. The monoisotopic (exact) mass is 266 g/mol. The van der Waals surface area contributed by atoms with E-state index in [9.17, 15) is 4.79 Å². The van der Waals surface area contributed by atoms with E-state index in [1.807, 2.05) is 26.0 Å². The first-order valence-electron chi connectivity index (χ1n) is 6.34. The number of aryl methyl sites for hydroxylation is 2. The molecule has 0 atom stereocenters. The number of amides is 2. The summed E-state index contributed by atoms with van der Waals surface area (Å²) in [5, 5.41) is 11.4. The number of hydrogen-bond donors (Lipinski definition) is 2. The van der Waals surface area contributed by atoms with Crippen LogP contribution in [0.1, 0.15) is 11.1 Å². The van der Waals surface area contributed by atoms with E-state index in [1.54, 1.807) is 7.05 Å². The third-order valence-electron chi connectivity index (χ3n) is 2.62. The average Bonchev–Trinajstić information content (AvgIpc) is 2.33. The van der Waals surface area contributed by atoms with Gasteiger partial charge in [0.1, 0.15) is 12.4 Å². The molecule has 0 unspecified atom stereocenters. The van der Waals surface area contributed by atoms with Gasteiger partial charge in [-0.1, -0.05) is 6.07 Å². The molecule has 5 nitrogen and oxygen atoms in total. The third-order valence-corrected chi connectivity index (χ3v) is 2.62. The normalized spacial score (nSPS) is 10.1. The number of carbonyl (C=O) groups is 1. The van der Waals surface area contributed by atoms with Crippen LogP contribution in [0.4, 0.5) is 4.79 Å². The molecule has 0 bridgehead atoms. The van der Waals surface area contributed by atoms with Crippen molar-refractivity contribution in [3.63, 3.8) is 0 Å². The molecule has 19 heavy (non-hydrogen) atoms. The van der Waals surface area contributed by atoms with Crippen LogP contribution in [0.3, 0.4) is 0 Å². The number of carbonyl (C=O) groups excluding carboxylic acids is 1. The fourth-order valence-electron chi connectivity index (χ4n) is 1.73. The van der Waals surface area contributed by atoms with Crippen molar-refractivity contribution in [2.24, 2.45) is 0 Å². The van der Waals surface area contributed by atoms with E-state index >= 15 is 0 Å². The lowest BCUT2D eigenvalue weighted by atomic mass is 10.1. The van der Waals surface area contributed by atoms with Gasteiger partial charge in [0.25, 0.3) is 0 Å². The molecule has 1 aromatic carbocycles. The van der Waals surface area contributed by atoms with Gasteiger partial charge in [0.2, 0.25) is 0 Å². The maximum atomic E-state index is 11.5. The van der Waals surface area contributed by atoms with E-state index in [0.717, 1.165) is 16.9 Å². The lowest BCUT2D eigenvalue weighted by Gasteiger charge is -2.16. The van der Waals surface area contributed by atoms with Gasteiger partial charge >= 0.3 is 6.03 Å². The van der Waals surface area contributed by atoms with E-state index in [1.165, 1.54) is 4.90 Å². The molecule has 0 aliphatic heterocycles. The summed E-state index contributed by atoms with van der Waals surface area (Å²) in [6, 6.07) is 5.80. The molecular formula is C14H22N2O3. The van der Waals surface area contributed by atoms with Crippen molar-refractivity contribution in [2.75, 3.05) is 33.4 Å². The van der Waals surface area contributed by atoms with E-state index in [-0.39, 0.29) is 12.6 Å². The predicted molar refractivity (Wildman–Crippen MR) is 74.5 cm³/mol. The van der Waals surface area contributed by atoms with Gasteiger partial charge in [0.15, 0.2) is 0 Å². The van der Waals surface area contributed by atoms with Crippen molar-refractivity contribution >= 4 is 6.03 Å². The largest absolute Gasteiger partial charge is 0.492 e. The molecule has 1 rings (SSSR count). The third kappa shape index (κ3) is 5.61. The molecule has 1 aromatic rings. The summed E-state index contributed by atoms with van der Waals surface area (Å²) in [5.41, 5.74) is 2.31. The summed E-state index contributed by atoms with van der Waals surface area (Å²) in [4.78, 5) is 12.9. The molecule has 0 aromatic heterocycles. The van der Waals surface area contributed by atoms with Crippen LogP contribution in [-0.4, -0.2) is 49.4 Å². The van der Waals surface area contributed by atoms with Gasteiger partial charge < -0.3 is 20.1 Å². The lowest BCUT2D eigenvalue weighted by molar-refractivity contribution is 0.188. The maximum Gasteiger partial charge on any atom is 0.317 e. The molecule has 0 heterocycles. The summed E-state index contributed by atoms with van der Waals surface area (Å²) >= 11 is 0. The van der Waals surface area contributed by atoms with Gasteiger partial charge in [-0.25, -0.2) is 4.79 Å². The zero-order chi connectivity index (χ0) is 14.3. The molecule has 0 fully saturated rings. The van der Waals surface area contributed by atoms with Crippen LogP contribution in [-0.2, 0) is 0 Å². The highest BCUT2D eigenvalue weighted by molar-refractivity contribution is 5.73. The molecule has 2 amide bonds. The van der Waals surface area contributed by atoms with Crippen LogP contribution in [0.25, 0.3) is 0 Å². The Balaban J connectivity index is 2.29. The quantitative estimate of drug-likeness (QED) is 0.763. The first kappa shape index (κ1) is 15.3. The van der Waals surface area contributed by atoms with Crippen LogP contribution in [0, 0.1) is 13.8 Å². The fourth-order valence-corrected chi connectivity index (χ4v) is 1.73. The van der Waals surface area contributed by atoms with E-state index in [0.29, 0.717) is 19.7 Å². The van der Waals surface area contributed by atoms with Gasteiger partial charge in [0.05, 0.1) is 13.2 Å². The predicted octanol–water partition coefficient (Wildman–Crippen LogP) is 1.32. The van der Waals surface area contributed by atoms with Crippen molar-refractivity contribution in [1.29, 1.82) is 0 Å². The molecule has 106 valence electrons. The van der Waals surface area contributed by atoms with Crippen molar-refractivity contribution in [1.82, 2.24) is 10.2 Å². The second-order valence-electron chi connectivity index (χ2n) is 4.55. The van der Waals surface area contributed by atoms with Crippen LogP contribution in [0.2, 0.25) is 0 Å². The number of nitrogens with one attached hydrogen (secondary N) is 1. The lowest BCUT2D eigenvalue weighted by Crippen LogP contribution is -2.40. The Morgan fingerprint density at radius 2 is 1.95 bits per heavy atom. The zero-order valence-corrected chi connectivity index (χ0v) is 11.8. The van der Waals surface area contributed by atoms with E-state index < -0.39 is 0 Å². The molecule has 0 aliphatic carbocycles. The number of nitrogens with zero attached hydrogens (tertiary/aromatic N) is 1. The van der Waals surface area contributed by atoms with Crippen molar-refractivity contribution in [3.05, 3.63) is 29.3 Å². The fraction of sp³-hybridized carbons (Fsp3) is 0.500. The minimum absolute atomic E-state index is 0.0387. The smallest absolute Gasteiger partial charge is 0.317 e. The maximum absolute atomic E-state index is 11.5. The first-order chi connectivity index (χ1) is 9.02. The van der Waals surface area contributed by atoms with E-state index in [4.69, 9.17) is 9.84 Å². The number of likely N-dealkylation sites (N-methyl/N-ethyl adjacent to an activating group) is 1. The first-order valence-corrected chi connectivity index (χ1v) is 6.34. The highest BCUT2D eigenvalue weighted by atomic mass is 16.5. The molecule has 0 saturated carbocycles. The Morgan fingerprint density at radius 3 is 2.53 bits per heavy atom. The number of urea groups is 1.